The minimum absolute atomic E-state index is 0.136. The molecule has 5 nitrogen and oxygen atoms in total. The van der Waals surface area contributed by atoms with Crippen molar-refractivity contribution >= 4 is 27.5 Å². The van der Waals surface area contributed by atoms with Gasteiger partial charge in [0, 0.05) is 24.2 Å². The smallest absolute Gasteiger partial charge is 0.355 e. The maximum absolute atomic E-state index is 11.6. The van der Waals surface area contributed by atoms with Crippen molar-refractivity contribution < 1.29 is 9.90 Å². The number of imidazole rings is 1. The summed E-state index contributed by atoms with van der Waals surface area (Å²) in [4.78, 5) is 20.1. The molecule has 0 saturated heterocycles. The summed E-state index contributed by atoms with van der Waals surface area (Å²) in [6.45, 7) is 1.90. The Morgan fingerprint density at radius 2 is 2.25 bits per heavy atom. The third-order valence-electron chi connectivity index (χ3n) is 2.95. The van der Waals surface area contributed by atoms with Crippen molar-refractivity contribution in [3.63, 3.8) is 0 Å². The molecule has 0 amide bonds. The van der Waals surface area contributed by atoms with E-state index in [-0.39, 0.29) is 5.69 Å². The molecule has 0 atom stereocenters. The van der Waals surface area contributed by atoms with Gasteiger partial charge in [0.2, 0.25) is 0 Å². The molecule has 0 aliphatic carbocycles. The number of carboxylic acid groups (broad SMARTS) is 1. The highest BCUT2D eigenvalue weighted by atomic mass is 79.9. The highest BCUT2D eigenvalue weighted by Gasteiger charge is 2.21. The molecule has 0 aromatic carbocycles. The van der Waals surface area contributed by atoms with Gasteiger partial charge in [-0.3, -0.25) is 9.38 Å². The molecule has 3 heterocycles. The predicted molar refractivity (Wildman–Crippen MR) is 77.8 cm³/mol. The number of nitrogens with zero attached hydrogens (tertiary/aromatic N) is 3. The van der Waals surface area contributed by atoms with Crippen LogP contribution in [0.1, 0.15) is 16.1 Å². The third kappa shape index (κ3) is 1.98. The Kier molecular flexibility index (Phi) is 3.02. The molecule has 6 heteroatoms. The fourth-order valence-electron chi connectivity index (χ4n) is 2.14. The molecule has 100 valence electrons. The van der Waals surface area contributed by atoms with E-state index in [2.05, 4.69) is 25.9 Å². The molecular formula is C14H10BrN3O2. The van der Waals surface area contributed by atoms with Crippen LogP contribution in [0.4, 0.5) is 0 Å². The van der Waals surface area contributed by atoms with E-state index in [1.54, 1.807) is 35.1 Å². The lowest BCUT2D eigenvalue weighted by Gasteiger charge is -2.02. The van der Waals surface area contributed by atoms with Gasteiger partial charge in [-0.1, -0.05) is 0 Å². The first-order valence-electron chi connectivity index (χ1n) is 5.90. The molecule has 0 spiro atoms. The average Bonchev–Trinajstić information content (AvgIpc) is 2.79. The monoisotopic (exact) mass is 331 g/mol. The number of pyridine rings is 2. The van der Waals surface area contributed by atoms with Crippen molar-refractivity contribution in [1.29, 1.82) is 0 Å². The van der Waals surface area contributed by atoms with Crippen LogP contribution in [0.25, 0.3) is 16.9 Å². The van der Waals surface area contributed by atoms with Crippen molar-refractivity contribution in [2.24, 2.45) is 0 Å². The third-order valence-corrected chi connectivity index (χ3v) is 3.53. The normalized spacial score (nSPS) is 10.9. The van der Waals surface area contributed by atoms with E-state index in [1.807, 2.05) is 13.0 Å². The summed E-state index contributed by atoms with van der Waals surface area (Å²) in [6.07, 6.45) is 5.01. The maximum Gasteiger partial charge on any atom is 0.355 e. The second-order valence-electron chi connectivity index (χ2n) is 4.41. The topological polar surface area (TPSA) is 67.5 Å². The standard InChI is InChI=1S/C14H10BrN3O2/c1-8-5-10(15)13-17-11(9-3-2-4-16-6-9)12(14(19)20)18(13)7-8/h2-7H,1H3,(H,19,20). The van der Waals surface area contributed by atoms with Crippen LogP contribution in [0.3, 0.4) is 0 Å². The summed E-state index contributed by atoms with van der Waals surface area (Å²) in [7, 11) is 0. The number of hydrogen-bond acceptors (Lipinski definition) is 3. The van der Waals surface area contributed by atoms with Gasteiger partial charge in [0.1, 0.15) is 5.69 Å². The Bertz CT molecular complexity index is 812. The Labute approximate surface area is 123 Å². The summed E-state index contributed by atoms with van der Waals surface area (Å²) in [5.41, 5.74) is 2.75. The highest BCUT2D eigenvalue weighted by molar-refractivity contribution is 9.10. The largest absolute Gasteiger partial charge is 0.476 e. The molecule has 0 aliphatic heterocycles. The number of hydrogen-bond donors (Lipinski definition) is 1. The van der Waals surface area contributed by atoms with Gasteiger partial charge in [-0.2, -0.15) is 0 Å². The zero-order valence-corrected chi connectivity index (χ0v) is 12.1. The Morgan fingerprint density at radius 1 is 1.45 bits per heavy atom. The first kappa shape index (κ1) is 12.8. The second kappa shape index (κ2) is 4.72. The maximum atomic E-state index is 11.6. The minimum atomic E-state index is -1.02. The van der Waals surface area contributed by atoms with Crippen LogP contribution in [0.2, 0.25) is 0 Å². The van der Waals surface area contributed by atoms with E-state index in [1.165, 1.54) is 0 Å². The van der Waals surface area contributed by atoms with Gasteiger partial charge < -0.3 is 5.11 Å². The van der Waals surface area contributed by atoms with E-state index in [4.69, 9.17) is 0 Å². The molecule has 1 N–H and O–H groups in total. The van der Waals surface area contributed by atoms with Crippen LogP contribution in [0.15, 0.2) is 41.3 Å². The number of fused-ring (bicyclic) bond motifs is 1. The van der Waals surface area contributed by atoms with Crippen LogP contribution in [0.5, 0.6) is 0 Å². The number of carbonyl (C=O) groups is 1. The summed E-state index contributed by atoms with van der Waals surface area (Å²) in [5, 5.41) is 9.50. The molecule has 3 rings (SSSR count). The summed E-state index contributed by atoms with van der Waals surface area (Å²) < 4.78 is 2.35. The summed E-state index contributed by atoms with van der Waals surface area (Å²) in [5.74, 6) is -1.02. The van der Waals surface area contributed by atoms with Crippen LogP contribution in [-0.2, 0) is 0 Å². The minimum Gasteiger partial charge on any atom is -0.476 e. The number of aryl methyl sites for hydroxylation is 1. The molecule has 20 heavy (non-hydrogen) atoms. The SMILES string of the molecule is Cc1cc(Br)c2nc(-c3cccnc3)c(C(=O)O)n2c1. The van der Waals surface area contributed by atoms with Crippen LogP contribution in [-0.4, -0.2) is 25.4 Å². The van der Waals surface area contributed by atoms with E-state index < -0.39 is 5.97 Å². The molecule has 3 aromatic rings. The van der Waals surface area contributed by atoms with Crippen molar-refractivity contribution in [2.75, 3.05) is 0 Å². The number of halogens is 1. The van der Waals surface area contributed by atoms with Gasteiger partial charge in [0.05, 0.1) is 4.47 Å². The molecule has 0 bridgehead atoms. The molecule has 0 fully saturated rings. The Balaban J connectivity index is 2.41. The Morgan fingerprint density at radius 3 is 2.90 bits per heavy atom. The van der Waals surface area contributed by atoms with Crippen molar-refractivity contribution in [2.45, 2.75) is 6.92 Å². The number of carboxylic acids is 1. The fraction of sp³-hybridized carbons (Fsp3) is 0.0714. The van der Waals surface area contributed by atoms with Crippen LogP contribution >= 0.6 is 15.9 Å². The highest BCUT2D eigenvalue weighted by Crippen LogP contribution is 2.28. The van der Waals surface area contributed by atoms with Gasteiger partial charge >= 0.3 is 5.97 Å². The van der Waals surface area contributed by atoms with Crippen LogP contribution in [0, 0.1) is 6.92 Å². The van der Waals surface area contributed by atoms with Gasteiger partial charge in [0.15, 0.2) is 11.3 Å². The summed E-state index contributed by atoms with van der Waals surface area (Å²) in [6, 6.07) is 5.45. The number of aromatic carboxylic acids is 1. The molecule has 3 aromatic heterocycles. The zero-order valence-electron chi connectivity index (χ0n) is 10.5. The fourth-order valence-corrected chi connectivity index (χ4v) is 2.78. The van der Waals surface area contributed by atoms with Gasteiger partial charge in [-0.15, -0.1) is 0 Å². The van der Waals surface area contributed by atoms with E-state index in [0.717, 1.165) is 10.0 Å². The van der Waals surface area contributed by atoms with E-state index in [0.29, 0.717) is 16.9 Å². The lowest BCUT2D eigenvalue weighted by molar-refractivity contribution is 0.0690. The molecule has 0 radical (unpaired) electrons. The molecule has 0 unspecified atom stereocenters. The van der Waals surface area contributed by atoms with Gasteiger partial charge in [0.25, 0.3) is 0 Å². The quantitative estimate of drug-likeness (QED) is 0.783. The molecular weight excluding hydrogens is 322 g/mol. The zero-order chi connectivity index (χ0) is 14.3. The van der Waals surface area contributed by atoms with Crippen molar-refractivity contribution in [3.8, 4) is 11.3 Å². The first-order valence-corrected chi connectivity index (χ1v) is 6.69. The average molecular weight is 332 g/mol. The Hall–Kier alpha value is -2.21. The van der Waals surface area contributed by atoms with Crippen molar-refractivity contribution in [1.82, 2.24) is 14.4 Å². The lowest BCUT2D eigenvalue weighted by atomic mass is 10.2. The van der Waals surface area contributed by atoms with Crippen LogP contribution < -0.4 is 0 Å². The van der Waals surface area contributed by atoms with Gasteiger partial charge in [-0.25, -0.2) is 9.78 Å². The second-order valence-corrected chi connectivity index (χ2v) is 5.27. The first-order chi connectivity index (χ1) is 9.58. The predicted octanol–water partition coefficient (Wildman–Crippen LogP) is 3.17. The lowest BCUT2D eigenvalue weighted by Crippen LogP contribution is -2.04. The molecule has 0 saturated carbocycles. The summed E-state index contributed by atoms with van der Waals surface area (Å²) >= 11 is 3.42. The van der Waals surface area contributed by atoms with Gasteiger partial charge in [-0.05, 0) is 46.6 Å². The van der Waals surface area contributed by atoms with Crippen molar-refractivity contribution in [3.05, 3.63) is 52.5 Å². The number of rotatable bonds is 2. The number of aromatic nitrogens is 3. The molecule has 0 aliphatic rings. The van der Waals surface area contributed by atoms with E-state index >= 15 is 0 Å². The van der Waals surface area contributed by atoms with E-state index in [9.17, 15) is 9.90 Å².